The van der Waals surface area contributed by atoms with Crippen LogP contribution in [0.15, 0.2) is 0 Å². The van der Waals surface area contributed by atoms with Crippen LogP contribution in [0.5, 0.6) is 0 Å². The fraction of sp³-hybridized carbons (Fsp3) is 0.667. The maximum atomic E-state index is 6.78. The van der Waals surface area contributed by atoms with Crippen LogP contribution in [0.25, 0.3) is 0 Å². The second kappa shape index (κ2) is 8.89. The Balaban J connectivity index is 0. The molecule has 0 unspecified atom stereocenters. The van der Waals surface area contributed by atoms with Crippen molar-refractivity contribution in [1.29, 1.82) is 0 Å². The Kier molecular flexibility index (Phi) is 11.7. The third-order valence-corrected chi connectivity index (χ3v) is 2.01. The van der Waals surface area contributed by atoms with Gasteiger partial charge in [0.2, 0.25) is 0 Å². The predicted octanol–water partition coefficient (Wildman–Crippen LogP) is 1.12. The van der Waals surface area contributed by atoms with E-state index in [0.29, 0.717) is 12.5 Å². The molecule has 0 aromatic carbocycles. The van der Waals surface area contributed by atoms with Crippen LogP contribution in [-0.4, -0.2) is 24.5 Å². The number of nitrogens with zero attached hydrogens (tertiary/aromatic N) is 1. The van der Waals surface area contributed by atoms with Crippen molar-refractivity contribution in [3.63, 3.8) is 0 Å². The summed E-state index contributed by atoms with van der Waals surface area (Å²) in [6.45, 7) is 6.89. The number of rotatable bonds is 1. The average molecular weight is 408 g/mol. The van der Waals surface area contributed by atoms with E-state index >= 15 is 0 Å². The van der Waals surface area contributed by atoms with E-state index in [-0.39, 0.29) is 53.8 Å². The van der Waals surface area contributed by atoms with E-state index in [2.05, 4.69) is 17.7 Å². The molecule has 0 aliphatic carbocycles. The van der Waals surface area contributed by atoms with E-state index in [4.69, 9.17) is 6.42 Å². The molecular weight excluding hydrogens is 395 g/mol. The smallest absolute Gasteiger partial charge is 0.0208 e. The molecule has 1 aliphatic rings. The zero-order chi connectivity index (χ0) is 7.40. The predicted molar refractivity (Wildman–Crippen MR) is 41.7 cm³/mol. The second-order valence-corrected chi connectivity index (χ2v) is 2.90. The summed E-state index contributed by atoms with van der Waals surface area (Å²) in [6, 6.07) is 0. The van der Waals surface area contributed by atoms with Crippen molar-refractivity contribution < 1.29 is 53.8 Å². The first-order valence-electron chi connectivity index (χ1n) is 3.78. The fourth-order valence-corrected chi connectivity index (χ4v) is 1.26. The van der Waals surface area contributed by atoms with Gasteiger partial charge in [0, 0.05) is 60.3 Å². The molecule has 1 fully saturated rings. The maximum absolute atomic E-state index is 6.78. The SMILES string of the molecule is [C-]#CCN1CCC([CH2-])CC1.[W].[Y]. The van der Waals surface area contributed by atoms with Gasteiger partial charge in [0.05, 0.1) is 0 Å². The fourth-order valence-electron chi connectivity index (χ4n) is 1.26. The van der Waals surface area contributed by atoms with Gasteiger partial charge in [-0.3, -0.25) is 4.90 Å². The summed E-state index contributed by atoms with van der Waals surface area (Å²) in [5.74, 6) is 3.05. The molecule has 1 heterocycles. The zero-order valence-corrected chi connectivity index (χ0v) is 13.0. The average Bonchev–Trinajstić information content (AvgIpc) is 1.95. The minimum atomic E-state index is 0. The van der Waals surface area contributed by atoms with Crippen molar-refractivity contribution in [2.24, 2.45) is 5.92 Å². The Morgan fingerprint density at radius 1 is 1.42 bits per heavy atom. The van der Waals surface area contributed by atoms with Crippen molar-refractivity contribution in [3.05, 3.63) is 13.3 Å². The van der Waals surface area contributed by atoms with E-state index in [1.165, 1.54) is 12.8 Å². The maximum Gasteiger partial charge on any atom is 0.0208 e. The molecule has 1 aliphatic heterocycles. The Morgan fingerprint density at radius 3 is 2.33 bits per heavy atom. The van der Waals surface area contributed by atoms with Crippen molar-refractivity contribution in [1.82, 2.24) is 4.90 Å². The summed E-state index contributed by atoms with van der Waals surface area (Å²) in [4.78, 5) is 2.24. The third kappa shape index (κ3) is 5.87. The van der Waals surface area contributed by atoms with Crippen LogP contribution in [0.4, 0.5) is 0 Å². The van der Waals surface area contributed by atoms with E-state index in [0.717, 1.165) is 13.1 Å². The van der Waals surface area contributed by atoms with Crippen LogP contribution in [0, 0.1) is 25.2 Å². The van der Waals surface area contributed by atoms with E-state index in [1.807, 2.05) is 0 Å². The first-order valence-corrected chi connectivity index (χ1v) is 3.78. The van der Waals surface area contributed by atoms with Crippen LogP contribution in [-0.2, 0) is 53.8 Å². The van der Waals surface area contributed by atoms with Crippen LogP contribution >= 0.6 is 0 Å². The molecule has 3 heteroatoms. The first kappa shape index (κ1) is 15.8. The van der Waals surface area contributed by atoms with E-state index in [9.17, 15) is 0 Å². The number of hydrogen-bond acceptors (Lipinski definition) is 1. The standard InChI is InChI=1S/C9H13N.W.Y/c1-3-6-10-7-4-9(2)5-8-10;;/h9H,2,4-8H2;;/q-2;;. The topological polar surface area (TPSA) is 3.24 Å². The van der Waals surface area contributed by atoms with E-state index in [1.54, 1.807) is 0 Å². The summed E-state index contributed by atoms with van der Waals surface area (Å²) >= 11 is 0. The van der Waals surface area contributed by atoms with Gasteiger partial charge in [0.25, 0.3) is 0 Å². The number of piperidine rings is 1. The quantitative estimate of drug-likeness (QED) is 0.465. The molecule has 0 saturated carbocycles. The summed E-state index contributed by atoms with van der Waals surface area (Å²) in [7, 11) is 0. The third-order valence-electron chi connectivity index (χ3n) is 2.01. The Labute approximate surface area is 115 Å². The Hall–Kier alpha value is 1.31. The van der Waals surface area contributed by atoms with Crippen LogP contribution in [0.1, 0.15) is 12.8 Å². The van der Waals surface area contributed by atoms with Gasteiger partial charge >= 0.3 is 0 Å². The van der Waals surface area contributed by atoms with Gasteiger partial charge in [-0.2, -0.15) is 5.92 Å². The van der Waals surface area contributed by atoms with Crippen molar-refractivity contribution in [2.45, 2.75) is 12.8 Å². The molecular formula is C9H13NWY-2. The summed E-state index contributed by atoms with van der Waals surface area (Å²) < 4.78 is 0. The minimum absolute atomic E-state index is 0. The van der Waals surface area contributed by atoms with Gasteiger partial charge in [0.15, 0.2) is 0 Å². The van der Waals surface area contributed by atoms with Crippen molar-refractivity contribution >= 4 is 0 Å². The van der Waals surface area contributed by atoms with Gasteiger partial charge in [0.1, 0.15) is 0 Å². The van der Waals surface area contributed by atoms with Crippen LogP contribution < -0.4 is 0 Å². The summed E-state index contributed by atoms with van der Waals surface area (Å²) in [6.07, 6.45) is 9.15. The molecule has 1 rings (SSSR count). The van der Waals surface area contributed by atoms with Gasteiger partial charge in [-0.1, -0.05) is 12.8 Å². The minimum Gasteiger partial charge on any atom is -0.692 e. The molecule has 1 nitrogen and oxygen atoms in total. The molecule has 0 atom stereocenters. The molecule has 1 saturated heterocycles. The number of likely N-dealkylation sites (tertiary alicyclic amines) is 1. The normalized spacial score (nSPS) is 18.7. The van der Waals surface area contributed by atoms with Gasteiger partial charge in [-0.05, 0) is 13.1 Å². The molecule has 0 N–H and O–H groups in total. The van der Waals surface area contributed by atoms with Crippen LogP contribution in [0.2, 0.25) is 0 Å². The molecule has 0 spiro atoms. The molecule has 12 heavy (non-hydrogen) atoms. The number of hydrogen-bond donors (Lipinski definition) is 0. The molecule has 0 aromatic heterocycles. The first-order chi connectivity index (χ1) is 4.83. The summed E-state index contributed by atoms with van der Waals surface area (Å²) in [5.41, 5.74) is 0. The molecule has 1 radical (unpaired) electrons. The molecule has 65 valence electrons. The second-order valence-electron chi connectivity index (χ2n) is 2.90. The van der Waals surface area contributed by atoms with Gasteiger partial charge < -0.3 is 19.3 Å². The summed E-state index contributed by atoms with van der Waals surface area (Å²) in [5, 5.41) is 0. The largest absolute Gasteiger partial charge is 0.692 e. The van der Waals surface area contributed by atoms with E-state index < -0.39 is 0 Å². The van der Waals surface area contributed by atoms with Gasteiger partial charge in [-0.25, -0.2) is 0 Å². The van der Waals surface area contributed by atoms with Crippen molar-refractivity contribution in [3.8, 4) is 5.92 Å². The van der Waals surface area contributed by atoms with Gasteiger partial charge in [-0.15, -0.1) is 0 Å². The Bertz CT molecular complexity index is 136. The zero-order valence-electron chi connectivity index (χ0n) is 7.25. The van der Waals surface area contributed by atoms with Crippen molar-refractivity contribution in [2.75, 3.05) is 19.6 Å². The Morgan fingerprint density at radius 2 is 1.92 bits per heavy atom. The molecule has 0 amide bonds. The molecule has 0 aromatic rings. The monoisotopic (exact) mass is 408 g/mol. The molecule has 0 bridgehead atoms. The van der Waals surface area contributed by atoms with Crippen LogP contribution in [0.3, 0.4) is 0 Å².